The van der Waals surface area contributed by atoms with Crippen LogP contribution in [0.1, 0.15) is 63.1 Å². The van der Waals surface area contributed by atoms with Crippen LogP contribution in [-0.4, -0.2) is 61.4 Å². The normalized spacial score (nSPS) is 19.1. The zero-order valence-electron chi connectivity index (χ0n) is 25.0. The molecule has 5 rings (SSSR count). The third-order valence-electron chi connectivity index (χ3n) is 7.19. The standard InChI is InChI=1S/C30H38N6O6S2/c1-30(2,3)36-44(39,40)26-14-21(34-28(37)33-15-22-6-4-5-13-31-22)11-12-24(26)25-16-32-27(43-25)19-7-9-20(10-8-19)35-29(38)42-23-17-41-18-23/h4-6,11-14,16,19-20,23,36H,7-10,15,17-18H2,1-3H3,(H,35,38)(H2,33,34,37). The maximum atomic E-state index is 13.6. The largest absolute Gasteiger partial charge is 0.441 e. The summed E-state index contributed by atoms with van der Waals surface area (Å²) in [7, 11) is -3.96. The van der Waals surface area contributed by atoms with E-state index in [4.69, 9.17) is 9.47 Å². The van der Waals surface area contributed by atoms with Crippen LogP contribution in [0.3, 0.4) is 0 Å². The first kappa shape index (κ1) is 31.8. The number of anilines is 1. The molecule has 12 nitrogen and oxygen atoms in total. The number of ether oxygens (including phenoxy) is 2. The number of carbonyl (C=O) groups excluding carboxylic acids is 2. The van der Waals surface area contributed by atoms with E-state index in [-0.39, 0.29) is 29.5 Å². The quantitative estimate of drug-likeness (QED) is 0.260. The molecule has 1 aromatic carbocycles. The number of rotatable bonds is 9. The molecule has 236 valence electrons. The van der Waals surface area contributed by atoms with Crippen molar-refractivity contribution in [2.45, 2.75) is 81.5 Å². The van der Waals surface area contributed by atoms with Gasteiger partial charge in [-0.3, -0.25) is 4.98 Å². The highest BCUT2D eigenvalue weighted by atomic mass is 32.2. The summed E-state index contributed by atoms with van der Waals surface area (Å²) in [6.45, 7) is 6.44. The molecular formula is C30H38N6O6S2. The molecule has 3 aromatic rings. The van der Waals surface area contributed by atoms with Crippen LogP contribution < -0.4 is 20.7 Å². The van der Waals surface area contributed by atoms with Crippen molar-refractivity contribution < 1.29 is 27.5 Å². The minimum absolute atomic E-state index is 0.0422. The Morgan fingerprint density at radius 2 is 1.84 bits per heavy atom. The highest BCUT2D eigenvalue weighted by molar-refractivity contribution is 7.89. The molecule has 0 radical (unpaired) electrons. The number of nitrogens with one attached hydrogen (secondary N) is 4. The lowest BCUT2D eigenvalue weighted by molar-refractivity contribution is -0.0985. The van der Waals surface area contributed by atoms with Gasteiger partial charge in [0, 0.05) is 41.1 Å². The van der Waals surface area contributed by atoms with Crippen LogP contribution in [0.15, 0.2) is 53.7 Å². The van der Waals surface area contributed by atoms with Gasteiger partial charge in [0.05, 0.1) is 40.2 Å². The summed E-state index contributed by atoms with van der Waals surface area (Å²) in [5, 5.41) is 9.35. The Morgan fingerprint density at radius 1 is 1.07 bits per heavy atom. The summed E-state index contributed by atoms with van der Waals surface area (Å²) < 4.78 is 40.3. The Bertz CT molecular complexity index is 1560. The predicted molar refractivity (Wildman–Crippen MR) is 167 cm³/mol. The lowest BCUT2D eigenvalue weighted by atomic mass is 9.86. The number of hydrogen-bond acceptors (Lipinski definition) is 9. The summed E-state index contributed by atoms with van der Waals surface area (Å²) in [6, 6.07) is 9.83. The zero-order valence-corrected chi connectivity index (χ0v) is 26.6. The molecule has 0 bridgehead atoms. The third kappa shape index (κ3) is 8.52. The predicted octanol–water partition coefficient (Wildman–Crippen LogP) is 4.75. The number of amides is 3. The van der Waals surface area contributed by atoms with Crippen LogP contribution >= 0.6 is 11.3 Å². The number of alkyl carbamates (subject to hydrolysis) is 1. The third-order valence-corrected chi connectivity index (χ3v) is 10.2. The molecule has 2 fully saturated rings. The minimum atomic E-state index is -3.96. The first-order valence-electron chi connectivity index (χ1n) is 14.6. The molecule has 0 spiro atoms. The summed E-state index contributed by atoms with van der Waals surface area (Å²) >= 11 is 1.46. The van der Waals surface area contributed by atoms with E-state index in [1.807, 2.05) is 6.07 Å². The van der Waals surface area contributed by atoms with E-state index in [0.29, 0.717) is 35.0 Å². The van der Waals surface area contributed by atoms with Crippen LogP contribution in [0.25, 0.3) is 10.4 Å². The minimum Gasteiger partial charge on any atom is -0.441 e. The van der Waals surface area contributed by atoms with Crippen molar-refractivity contribution in [3.05, 3.63) is 59.5 Å². The van der Waals surface area contributed by atoms with Gasteiger partial charge in [0.1, 0.15) is 0 Å². The highest BCUT2D eigenvalue weighted by Gasteiger charge is 2.30. The van der Waals surface area contributed by atoms with E-state index >= 15 is 0 Å². The van der Waals surface area contributed by atoms with E-state index in [1.165, 1.54) is 17.4 Å². The SMILES string of the molecule is CC(C)(C)NS(=O)(=O)c1cc(NC(=O)NCc2ccccn2)ccc1-c1cnc(C2CCC(NC(=O)OC3COC3)CC2)s1. The number of thiazole rings is 1. The molecule has 3 heterocycles. The van der Waals surface area contributed by atoms with Crippen molar-refractivity contribution in [3.63, 3.8) is 0 Å². The fourth-order valence-corrected chi connectivity index (χ4v) is 7.91. The summed E-state index contributed by atoms with van der Waals surface area (Å²) in [5.41, 5.74) is 0.815. The number of benzene rings is 1. The second kappa shape index (κ2) is 13.6. The number of pyridine rings is 1. The Balaban J connectivity index is 1.28. The van der Waals surface area contributed by atoms with Gasteiger partial charge in [-0.05, 0) is 70.7 Å². The highest BCUT2D eigenvalue weighted by Crippen LogP contribution is 2.40. The van der Waals surface area contributed by atoms with Gasteiger partial charge in [-0.2, -0.15) is 0 Å². The molecule has 1 aliphatic carbocycles. The fourth-order valence-electron chi connectivity index (χ4n) is 5.05. The number of nitrogens with zero attached hydrogens (tertiary/aromatic N) is 2. The second-order valence-corrected chi connectivity index (χ2v) is 14.7. The Labute approximate surface area is 261 Å². The average molecular weight is 643 g/mol. The molecule has 2 aromatic heterocycles. The second-order valence-electron chi connectivity index (χ2n) is 12.0. The van der Waals surface area contributed by atoms with E-state index < -0.39 is 27.7 Å². The molecule has 14 heteroatoms. The van der Waals surface area contributed by atoms with Crippen molar-refractivity contribution in [3.8, 4) is 10.4 Å². The number of hydrogen-bond donors (Lipinski definition) is 4. The Hall–Kier alpha value is -3.59. The number of carbonyl (C=O) groups is 2. The van der Waals surface area contributed by atoms with Crippen molar-refractivity contribution in [2.24, 2.45) is 0 Å². The molecule has 1 saturated carbocycles. The molecule has 1 aliphatic heterocycles. The van der Waals surface area contributed by atoms with Gasteiger partial charge in [0.2, 0.25) is 10.0 Å². The van der Waals surface area contributed by atoms with Gasteiger partial charge < -0.3 is 25.4 Å². The molecule has 4 N–H and O–H groups in total. The van der Waals surface area contributed by atoms with Crippen molar-refractivity contribution in [1.29, 1.82) is 0 Å². The van der Waals surface area contributed by atoms with Crippen LogP contribution in [-0.2, 0) is 26.0 Å². The van der Waals surface area contributed by atoms with Gasteiger partial charge in [0.15, 0.2) is 6.10 Å². The number of sulfonamides is 1. The molecule has 3 amide bonds. The van der Waals surface area contributed by atoms with Crippen LogP contribution in [0.5, 0.6) is 0 Å². The molecule has 0 unspecified atom stereocenters. The van der Waals surface area contributed by atoms with Gasteiger partial charge in [-0.15, -0.1) is 11.3 Å². The molecule has 1 saturated heterocycles. The number of aromatic nitrogens is 2. The van der Waals surface area contributed by atoms with Crippen LogP contribution in [0.2, 0.25) is 0 Å². The van der Waals surface area contributed by atoms with Gasteiger partial charge in [-0.25, -0.2) is 27.7 Å². The molecule has 44 heavy (non-hydrogen) atoms. The molecule has 0 atom stereocenters. The lowest BCUT2D eigenvalue weighted by Crippen LogP contribution is -2.44. The van der Waals surface area contributed by atoms with Crippen LogP contribution in [0, 0.1) is 0 Å². The van der Waals surface area contributed by atoms with Crippen molar-refractivity contribution in [1.82, 2.24) is 25.3 Å². The summed E-state index contributed by atoms with van der Waals surface area (Å²) in [4.78, 5) is 34.3. The van der Waals surface area contributed by atoms with Gasteiger partial charge in [-0.1, -0.05) is 12.1 Å². The first-order chi connectivity index (χ1) is 20.9. The van der Waals surface area contributed by atoms with Gasteiger partial charge in [0.25, 0.3) is 0 Å². The van der Waals surface area contributed by atoms with E-state index in [0.717, 1.165) is 30.7 Å². The monoisotopic (exact) mass is 642 g/mol. The molecule has 2 aliphatic rings. The van der Waals surface area contributed by atoms with E-state index in [1.54, 1.807) is 57.4 Å². The maximum Gasteiger partial charge on any atom is 0.407 e. The van der Waals surface area contributed by atoms with Crippen molar-refractivity contribution >= 4 is 39.2 Å². The smallest absolute Gasteiger partial charge is 0.407 e. The first-order valence-corrected chi connectivity index (χ1v) is 16.9. The lowest BCUT2D eigenvalue weighted by Gasteiger charge is -2.30. The fraction of sp³-hybridized carbons (Fsp3) is 0.467. The van der Waals surface area contributed by atoms with Gasteiger partial charge >= 0.3 is 12.1 Å². The summed E-state index contributed by atoms with van der Waals surface area (Å²) in [5.74, 6) is 0.208. The zero-order chi connectivity index (χ0) is 31.3. The maximum absolute atomic E-state index is 13.6. The summed E-state index contributed by atoms with van der Waals surface area (Å²) in [6.07, 6.45) is 6.08. The average Bonchev–Trinajstić information content (AvgIpc) is 3.44. The van der Waals surface area contributed by atoms with Crippen molar-refractivity contribution in [2.75, 3.05) is 18.5 Å². The van der Waals surface area contributed by atoms with E-state index in [2.05, 4.69) is 30.6 Å². The Morgan fingerprint density at radius 3 is 2.50 bits per heavy atom. The molecular weight excluding hydrogens is 605 g/mol. The topological polar surface area (TPSA) is 161 Å². The van der Waals surface area contributed by atoms with Crippen LogP contribution in [0.4, 0.5) is 15.3 Å². The Kier molecular flexibility index (Phi) is 9.83. The van der Waals surface area contributed by atoms with E-state index in [9.17, 15) is 18.0 Å². The number of urea groups is 1.